The molecule has 0 unspecified atom stereocenters. The maximum Gasteiger partial charge on any atom is 0.158 e. The fourth-order valence-electron chi connectivity index (χ4n) is 2.07. The average Bonchev–Trinajstić information content (AvgIpc) is 2.23. The van der Waals surface area contributed by atoms with Crippen LogP contribution in [0.25, 0.3) is 0 Å². The number of hydrogen-bond donors (Lipinski definition) is 0. The third-order valence-electron chi connectivity index (χ3n) is 3.50. The molecular weight excluding hydrogens is 196 g/mol. The number of allylic oxidation sites excluding steroid dienone is 6. The van der Waals surface area contributed by atoms with Crippen molar-refractivity contribution in [1.29, 1.82) is 0 Å². The number of hydrogen-bond acceptors (Lipinski definition) is 1. The van der Waals surface area contributed by atoms with Crippen LogP contribution in [0, 0.1) is 5.41 Å². The highest BCUT2D eigenvalue weighted by Crippen LogP contribution is 2.39. The summed E-state index contributed by atoms with van der Waals surface area (Å²) in [5.41, 5.74) is 3.50. The van der Waals surface area contributed by atoms with E-state index in [0.717, 1.165) is 12.0 Å². The maximum atomic E-state index is 11.7. The van der Waals surface area contributed by atoms with E-state index in [1.807, 2.05) is 13.8 Å². The lowest BCUT2D eigenvalue weighted by atomic mass is 9.72. The molecule has 0 aliphatic heterocycles. The zero-order chi connectivity index (χ0) is 12.3. The van der Waals surface area contributed by atoms with Gasteiger partial charge in [0.1, 0.15) is 0 Å². The van der Waals surface area contributed by atoms with Crippen molar-refractivity contribution in [3.63, 3.8) is 0 Å². The Labute approximate surface area is 98.9 Å². The normalized spacial score (nSPS) is 22.1. The van der Waals surface area contributed by atoms with Crippen LogP contribution in [-0.2, 0) is 4.79 Å². The number of carbonyl (C=O) groups is 1. The van der Waals surface area contributed by atoms with Crippen LogP contribution in [-0.4, -0.2) is 5.78 Å². The molecule has 1 rings (SSSR count). The van der Waals surface area contributed by atoms with Crippen LogP contribution in [0.4, 0.5) is 0 Å². The molecule has 0 aromatic carbocycles. The summed E-state index contributed by atoms with van der Waals surface area (Å²) in [6.07, 6.45) is 7.93. The molecule has 0 aromatic heterocycles. The van der Waals surface area contributed by atoms with Crippen molar-refractivity contribution in [3.05, 3.63) is 34.9 Å². The van der Waals surface area contributed by atoms with Crippen LogP contribution in [0.5, 0.6) is 0 Å². The van der Waals surface area contributed by atoms with E-state index in [2.05, 4.69) is 39.0 Å². The quantitative estimate of drug-likeness (QED) is 0.634. The van der Waals surface area contributed by atoms with Crippen molar-refractivity contribution < 1.29 is 4.79 Å². The van der Waals surface area contributed by atoms with E-state index in [-0.39, 0.29) is 5.41 Å². The summed E-state index contributed by atoms with van der Waals surface area (Å²) in [5, 5.41) is 0. The standard InChI is InChI=1S/C15H22O/c1-6-11(2)7-8-13-12(3)14(16)9-10-15(13,4)5/h6-8H,9-10H2,1-5H3/b8-7+,11-6+. The minimum absolute atomic E-state index is 0.127. The lowest BCUT2D eigenvalue weighted by Crippen LogP contribution is -2.24. The third-order valence-corrected chi connectivity index (χ3v) is 3.50. The first-order valence-electron chi connectivity index (χ1n) is 5.94. The molecule has 0 heterocycles. The molecule has 1 nitrogen and oxygen atoms in total. The van der Waals surface area contributed by atoms with Crippen molar-refractivity contribution in [2.24, 2.45) is 5.41 Å². The third kappa shape index (κ3) is 2.72. The van der Waals surface area contributed by atoms with Gasteiger partial charge in [0, 0.05) is 6.42 Å². The van der Waals surface area contributed by atoms with Crippen LogP contribution < -0.4 is 0 Å². The van der Waals surface area contributed by atoms with Crippen molar-refractivity contribution in [1.82, 2.24) is 0 Å². The molecule has 0 saturated heterocycles. The van der Waals surface area contributed by atoms with Crippen molar-refractivity contribution in [2.75, 3.05) is 0 Å². The lowest BCUT2D eigenvalue weighted by molar-refractivity contribution is -0.116. The molecule has 88 valence electrons. The van der Waals surface area contributed by atoms with Crippen LogP contribution >= 0.6 is 0 Å². The lowest BCUT2D eigenvalue weighted by Gasteiger charge is -2.32. The molecule has 0 bridgehead atoms. The van der Waals surface area contributed by atoms with E-state index < -0.39 is 0 Å². The van der Waals surface area contributed by atoms with Crippen LogP contribution in [0.15, 0.2) is 34.9 Å². The molecule has 0 N–H and O–H groups in total. The van der Waals surface area contributed by atoms with Gasteiger partial charge in [-0.05, 0) is 43.8 Å². The van der Waals surface area contributed by atoms with Gasteiger partial charge in [0.25, 0.3) is 0 Å². The second kappa shape index (κ2) is 4.82. The molecule has 0 aromatic rings. The summed E-state index contributed by atoms with van der Waals surface area (Å²) in [4.78, 5) is 11.7. The summed E-state index contributed by atoms with van der Waals surface area (Å²) in [6.45, 7) is 10.5. The Hall–Kier alpha value is -1.11. The van der Waals surface area contributed by atoms with Gasteiger partial charge in [-0.25, -0.2) is 0 Å². The first-order chi connectivity index (χ1) is 7.38. The van der Waals surface area contributed by atoms with E-state index in [4.69, 9.17) is 0 Å². The largest absolute Gasteiger partial charge is 0.295 e. The Morgan fingerprint density at radius 2 is 2.00 bits per heavy atom. The molecule has 1 aliphatic rings. The van der Waals surface area contributed by atoms with Crippen molar-refractivity contribution in [3.8, 4) is 0 Å². The molecule has 1 heteroatoms. The van der Waals surface area contributed by atoms with Gasteiger partial charge in [0.2, 0.25) is 0 Å². The molecule has 0 fully saturated rings. The van der Waals surface area contributed by atoms with Gasteiger partial charge in [-0.15, -0.1) is 0 Å². The number of rotatable bonds is 2. The first kappa shape index (κ1) is 13.0. The van der Waals surface area contributed by atoms with Gasteiger partial charge < -0.3 is 0 Å². The zero-order valence-electron chi connectivity index (χ0n) is 11.1. The predicted octanol–water partition coefficient (Wildman–Crippen LogP) is 4.21. The van der Waals surface area contributed by atoms with Crippen LogP contribution in [0.3, 0.4) is 0 Å². The van der Waals surface area contributed by atoms with Gasteiger partial charge in [0.05, 0.1) is 0 Å². The predicted molar refractivity (Wildman–Crippen MR) is 69.3 cm³/mol. The summed E-state index contributed by atoms with van der Waals surface area (Å²) in [5.74, 6) is 0.303. The fraction of sp³-hybridized carbons (Fsp3) is 0.533. The number of ketones is 1. The van der Waals surface area contributed by atoms with Crippen molar-refractivity contribution in [2.45, 2.75) is 47.5 Å². The summed E-state index contributed by atoms with van der Waals surface area (Å²) in [7, 11) is 0. The molecule has 16 heavy (non-hydrogen) atoms. The molecule has 0 amide bonds. The highest BCUT2D eigenvalue weighted by molar-refractivity contribution is 5.97. The summed E-state index contributed by atoms with van der Waals surface area (Å²) in [6, 6.07) is 0. The molecule has 0 saturated carbocycles. The number of carbonyl (C=O) groups excluding carboxylic acids is 1. The van der Waals surface area contributed by atoms with Gasteiger partial charge in [-0.1, -0.05) is 37.6 Å². The molecular formula is C15H22O. The topological polar surface area (TPSA) is 17.1 Å². The maximum absolute atomic E-state index is 11.7. The van der Waals surface area contributed by atoms with Gasteiger partial charge in [-0.3, -0.25) is 4.79 Å². The summed E-state index contributed by atoms with van der Waals surface area (Å²) < 4.78 is 0. The Bertz CT molecular complexity index is 378. The Morgan fingerprint density at radius 1 is 1.38 bits per heavy atom. The molecule has 1 aliphatic carbocycles. The smallest absolute Gasteiger partial charge is 0.158 e. The Kier molecular flexibility index (Phi) is 3.90. The second-order valence-corrected chi connectivity index (χ2v) is 5.21. The minimum Gasteiger partial charge on any atom is -0.295 e. The Morgan fingerprint density at radius 3 is 2.56 bits per heavy atom. The Balaban J connectivity index is 3.10. The van der Waals surface area contributed by atoms with Crippen molar-refractivity contribution >= 4 is 5.78 Å². The molecule has 0 radical (unpaired) electrons. The van der Waals surface area contributed by atoms with E-state index in [1.54, 1.807) is 0 Å². The highest BCUT2D eigenvalue weighted by Gasteiger charge is 2.30. The summed E-state index contributed by atoms with van der Waals surface area (Å²) >= 11 is 0. The minimum atomic E-state index is 0.127. The molecule has 0 spiro atoms. The van der Waals surface area contributed by atoms with Crippen LogP contribution in [0.1, 0.15) is 47.5 Å². The number of Topliss-reactive ketones (excluding diaryl/α,β-unsaturated/α-hetero) is 1. The van der Waals surface area contributed by atoms with Crippen LogP contribution in [0.2, 0.25) is 0 Å². The fourth-order valence-corrected chi connectivity index (χ4v) is 2.07. The van der Waals surface area contributed by atoms with Gasteiger partial charge in [-0.2, -0.15) is 0 Å². The first-order valence-corrected chi connectivity index (χ1v) is 5.94. The monoisotopic (exact) mass is 218 g/mol. The van der Waals surface area contributed by atoms with Gasteiger partial charge in [0.15, 0.2) is 5.78 Å². The van der Waals surface area contributed by atoms with E-state index >= 15 is 0 Å². The van der Waals surface area contributed by atoms with Gasteiger partial charge >= 0.3 is 0 Å². The zero-order valence-corrected chi connectivity index (χ0v) is 11.1. The molecule has 0 atom stereocenters. The second-order valence-electron chi connectivity index (χ2n) is 5.21. The van der Waals surface area contributed by atoms with E-state index in [1.165, 1.54) is 11.1 Å². The highest BCUT2D eigenvalue weighted by atomic mass is 16.1. The SMILES string of the molecule is C/C=C(C)/C=C/C1=C(C)C(=O)CCC1(C)C. The van der Waals surface area contributed by atoms with E-state index in [0.29, 0.717) is 12.2 Å². The van der Waals surface area contributed by atoms with E-state index in [9.17, 15) is 4.79 Å². The average molecular weight is 218 g/mol.